The monoisotopic (exact) mass is 670 g/mol. The lowest BCUT2D eigenvalue weighted by molar-refractivity contribution is -0.140. The lowest BCUT2D eigenvalue weighted by Gasteiger charge is -2.27. The third-order valence-corrected chi connectivity index (χ3v) is 7.49. The molecule has 0 spiro atoms. The van der Waals surface area contributed by atoms with Crippen LogP contribution in [0.2, 0.25) is 0 Å². The number of hydrogen-bond donors (Lipinski definition) is 2. The van der Waals surface area contributed by atoms with E-state index < -0.39 is 11.4 Å². The normalized spacial score (nSPS) is 12.0. The van der Waals surface area contributed by atoms with Crippen molar-refractivity contribution in [1.82, 2.24) is 0 Å². The van der Waals surface area contributed by atoms with E-state index in [9.17, 15) is 19.2 Å². The first kappa shape index (κ1) is 36.8. The molecule has 0 bridgehead atoms. The van der Waals surface area contributed by atoms with Crippen molar-refractivity contribution >= 4 is 47.0 Å². The Labute approximate surface area is 293 Å². The molecule has 4 aromatic rings. The number of rotatable bonds is 12. The van der Waals surface area contributed by atoms with E-state index >= 15 is 0 Å². The highest BCUT2D eigenvalue weighted by molar-refractivity contribution is 6.31. The highest BCUT2D eigenvalue weighted by Gasteiger charge is 2.34. The molecular formula is C42H42N2O6. The molecule has 4 aromatic carbocycles. The number of hydrogen-bond acceptors (Lipinski definition) is 8. The molecule has 8 heteroatoms. The van der Waals surface area contributed by atoms with Crippen molar-refractivity contribution in [2.24, 2.45) is 5.41 Å². The second-order valence-electron chi connectivity index (χ2n) is 12.4. The van der Waals surface area contributed by atoms with Crippen molar-refractivity contribution in [1.29, 1.82) is 0 Å². The second-order valence-corrected chi connectivity index (χ2v) is 12.4. The summed E-state index contributed by atoms with van der Waals surface area (Å²) < 4.78 is 10.2. The molecule has 1 aliphatic carbocycles. The standard InChI is InChI=1S/C31H30N2O4.C11H12O2/c1-20(2)33-25-15-9-13-23-28(25)30(36)22-12-8-14-24(27(22)29(23)35)32-18-31(3,4)19-37-26(34)17-16-21-10-6-5-7-11-21;1-2-13-11(12)9-8-10-6-4-3-5-7-10/h5-17,32-33H,1,18-19H2,2-4H3;3-9H,2H2,1H3/b17-16+;9-8+. The van der Waals surface area contributed by atoms with Gasteiger partial charge in [0.05, 0.1) is 30.0 Å². The molecule has 0 atom stereocenters. The maximum atomic E-state index is 13.5. The Morgan fingerprint density at radius 1 is 0.700 bits per heavy atom. The van der Waals surface area contributed by atoms with Gasteiger partial charge >= 0.3 is 11.9 Å². The Morgan fingerprint density at radius 3 is 1.68 bits per heavy atom. The highest BCUT2D eigenvalue weighted by Crippen LogP contribution is 2.36. The largest absolute Gasteiger partial charge is 0.463 e. The smallest absolute Gasteiger partial charge is 0.330 e. The van der Waals surface area contributed by atoms with Crippen molar-refractivity contribution < 1.29 is 28.7 Å². The summed E-state index contributed by atoms with van der Waals surface area (Å²) in [5.41, 5.74) is 4.71. The van der Waals surface area contributed by atoms with Crippen LogP contribution in [0.5, 0.6) is 0 Å². The van der Waals surface area contributed by atoms with E-state index in [0.717, 1.165) is 11.1 Å². The van der Waals surface area contributed by atoms with Crippen LogP contribution in [0.25, 0.3) is 12.2 Å². The molecule has 0 radical (unpaired) electrons. The van der Waals surface area contributed by atoms with Gasteiger partial charge in [0, 0.05) is 46.6 Å². The number of nitrogens with one attached hydrogen (secondary N) is 2. The van der Waals surface area contributed by atoms with E-state index in [-0.39, 0.29) is 24.1 Å². The molecule has 0 saturated heterocycles. The fraction of sp³-hybridized carbons (Fsp3) is 0.190. The van der Waals surface area contributed by atoms with Gasteiger partial charge in [0.25, 0.3) is 0 Å². The van der Waals surface area contributed by atoms with Crippen LogP contribution in [-0.4, -0.2) is 43.3 Å². The number of carbonyl (C=O) groups excluding carboxylic acids is 4. The third-order valence-electron chi connectivity index (χ3n) is 7.49. The van der Waals surface area contributed by atoms with Crippen molar-refractivity contribution in [3.05, 3.63) is 155 Å². The summed E-state index contributed by atoms with van der Waals surface area (Å²) in [6, 6.07) is 29.6. The molecule has 0 saturated carbocycles. The van der Waals surface area contributed by atoms with Crippen LogP contribution < -0.4 is 10.6 Å². The van der Waals surface area contributed by atoms with Gasteiger partial charge in [0.2, 0.25) is 0 Å². The number of fused-ring (bicyclic) bond motifs is 2. The molecule has 0 amide bonds. The SMILES string of the molecule is C=C(C)Nc1cccc2c1C(=O)c1cccc(NCC(C)(C)COC(=O)/C=C/c3ccccc3)c1C2=O.CCOC(=O)/C=C/c1ccccc1. The van der Waals surface area contributed by atoms with Crippen molar-refractivity contribution in [2.75, 3.05) is 30.4 Å². The first-order chi connectivity index (χ1) is 24.0. The zero-order chi connectivity index (χ0) is 36.1. The van der Waals surface area contributed by atoms with Crippen LogP contribution in [0.4, 0.5) is 11.4 Å². The zero-order valence-electron chi connectivity index (χ0n) is 28.8. The Morgan fingerprint density at radius 2 is 1.18 bits per heavy atom. The number of ether oxygens (including phenoxy) is 2. The molecule has 0 heterocycles. The predicted octanol–water partition coefficient (Wildman–Crippen LogP) is 8.37. The van der Waals surface area contributed by atoms with E-state index in [4.69, 9.17) is 9.47 Å². The lowest BCUT2D eigenvalue weighted by Crippen LogP contribution is -2.31. The van der Waals surface area contributed by atoms with Crippen molar-refractivity contribution in [3.8, 4) is 0 Å². The Balaban J connectivity index is 0.000000363. The van der Waals surface area contributed by atoms with E-state index in [2.05, 4.69) is 17.2 Å². The van der Waals surface area contributed by atoms with E-state index in [0.29, 0.717) is 52.5 Å². The van der Waals surface area contributed by atoms with Gasteiger partial charge in [-0.1, -0.05) is 105 Å². The summed E-state index contributed by atoms with van der Waals surface area (Å²) in [5.74, 6) is -1.15. The van der Waals surface area contributed by atoms with Gasteiger partial charge in [0.15, 0.2) is 11.6 Å². The predicted molar refractivity (Wildman–Crippen MR) is 199 cm³/mol. The van der Waals surface area contributed by atoms with Gasteiger partial charge < -0.3 is 20.1 Å². The summed E-state index contributed by atoms with van der Waals surface area (Å²) in [6.45, 7) is 12.4. The van der Waals surface area contributed by atoms with Crippen LogP contribution in [0.1, 0.15) is 70.7 Å². The average Bonchev–Trinajstić information content (AvgIpc) is 3.11. The number of ketones is 2. The summed E-state index contributed by atoms with van der Waals surface area (Å²) in [6.07, 6.45) is 6.28. The Bertz CT molecular complexity index is 1910. The van der Waals surface area contributed by atoms with Crippen LogP contribution in [0.15, 0.2) is 121 Å². The highest BCUT2D eigenvalue weighted by atomic mass is 16.5. The van der Waals surface area contributed by atoms with Gasteiger partial charge in [-0.2, -0.15) is 0 Å². The van der Waals surface area contributed by atoms with Crippen molar-refractivity contribution in [2.45, 2.75) is 27.7 Å². The minimum Gasteiger partial charge on any atom is -0.463 e. The molecular weight excluding hydrogens is 628 g/mol. The molecule has 0 unspecified atom stereocenters. The van der Waals surface area contributed by atoms with Gasteiger partial charge in [-0.3, -0.25) is 9.59 Å². The summed E-state index contributed by atoms with van der Waals surface area (Å²) >= 11 is 0. The number of benzene rings is 4. The molecule has 50 heavy (non-hydrogen) atoms. The summed E-state index contributed by atoms with van der Waals surface area (Å²) in [5, 5.41) is 6.40. The molecule has 256 valence electrons. The Hall–Kier alpha value is -6.02. The average molecular weight is 671 g/mol. The van der Waals surface area contributed by atoms with Gasteiger partial charge in [-0.05, 0) is 49.3 Å². The van der Waals surface area contributed by atoms with Crippen molar-refractivity contribution in [3.63, 3.8) is 0 Å². The summed E-state index contributed by atoms with van der Waals surface area (Å²) in [4.78, 5) is 50.1. The first-order valence-corrected chi connectivity index (χ1v) is 16.3. The number of allylic oxidation sites excluding steroid dienone is 1. The third kappa shape index (κ3) is 10.2. The number of anilines is 2. The maximum Gasteiger partial charge on any atom is 0.330 e. The summed E-state index contributed by atoms with van der Waals surface area (Å²) in [7, 11) is 0. The van der Waals surface area contributed by atoms with Gasteiger partial charge in [-0.25, -0.2) is 9.59 Å². The van der Waals surface area contributed by atoms with Crippen LogP contribution in [0.3, 0.4) is 0 Å². The fourth-order valence-electron chi connectivity index (χ4n) is 5.07. The van der Waals surface area contributed by atoms with Gasteiger partial charge in [0.1, 0.15) is 0 Å². The van der Waals surface area contributed by atoms with Crippen LogP contribution in [-0.2, 0) is 19.1 Å². The Kier molecular flexibility index (Phi) is 12.8. The van der Waals surface area contributed by atoms with Crippen LogP contribution >= 0.6 is 0 Å². The van der Waals surface area contributed by atoms with E-state index in [1.807, 2.05) is 74.5 Å². The molecule has 5 rings (SSSR count). The van der Waals surface area contributed by atoms with Crippen LogP contribution in [0, 0.1) is 5.41 Å². The molecule has 2 N–H and O–H groups in total. The van der Waals surface area contributed by atoms with E-state index in [1.165, 1.54) is 12.2 Å². The molecule has 1 aliphatic rings. The minimum atomic E-state index is -0.433. The first-order valence-electron chi connectivity index (χ1n) is 16.3. The fourth-order valence-corrected chi connectivity index (χ4v) is 5.07. The molecule has 0 fully saturated rings. The minimum absolute atomic E-state index is 0.179. The second kappa shape index (κ2) is 17.4. The van der Waals surface area contributed by atoms with Gasteiger partial charge in [-0.15, -0.1) is 0 Å². The molecule has 0 aliphatic heterocycles. The topological polar surface area (TPSA) is 111 Å². The number of carbonyl (C=O) groups is 4. The molecule has 8 nitrogen and oxygen atoms in total. The quantitative estimate of drug-likeness (QED) is 0.101. The maximum absolute atomic E-state index is 13.5. The molecule has 0 aromatic heterocycles. The zero-order valence-corrected chi connectivity index (χ0v) is 28.8. The van der Waals surface area contributed by atoms with E-state index in [1.54, 1.807) is 62.4 Å². The lowest BCUT2D eigenvalue weighted by atomic mass is 9.82. The number of esters is 2.